The lowest BCUT2D eigenvalue weighted by Gasteiger charge is -2.03. The van der Waals surface area contributed by atoms with E-state index >= 15 is 0 Å². The highest BCUT2D eigenvalue weighted by Gasteiger charge is 2.15. The van der Waals surface area contributed by atoms with Gasteiger partial charge in [-0.05, 0) is 48.6 Å². The van der Waals surface area contributed by atoms with Gasteiger partial charge in [0.1, 0.15) is 11.5 Å². The minimum absolute atomic E-state index is 0.187. The molecule has 0 aliphatic rings. The molecule has 1 N–H and O–H groups in total. The zero-order valence-corrected chi connectivity index (χ0v) is 14.7. The first-order valence-electron chi connectivity index (χ1n) is 8.10. The number of aromatic nitrogens is 2. The number of furan rings is 1. The summed E-state index contributed by atoms with van der Waals surface area (Å²) in [5.74, 6) is 0.767. The number of carbonyl (C=O) groups excluding carboxylic acids is 1. The van der Waals surface area contributed by atoms with Crippen LogP contribution in [0.5, 0.6) is 0 Å². The second-order valence-electron chi connectivity index (χ2n) is 5.90. The summed E-state index contributed by atoms with van der Waals surface area (Å²) < 4.78 is 6.86. The minimum atomic E-state index is -0.526. The molecule has 0 radical (unpaired) electrons. The van der Waals surface area contributed by atoms with Crippen LogP contribution in [0.15, 0.2) is 52.0 Å². The Balaban J connectivity index is 1.62. The van der Waals surface area contributed by atoms with E-state index < -0.39 is 4.92 Å². The number of nitrogens with zero attached hydrogens (tertiary/aromatic N) is 4. The van der Waals surface area contributed by atoms with Crippen LogP contribution in [0.1, 0.15) is 33.1 Å². The highest BCUT2D eigenvalue weighted by molar-refractivity contribution is 5.94. The van der Waals surface area contributed by atoms with Gasteiger partial charge in [-0.3, -0.25) is 4.79 Å². The molecule has 0 fully saturated rings. The molecule has 9 nitrogen and oxygen atoms in total. The van der Waals surface area contributed by atoms with Crippen LogP contribution in [0, 0.1) is 24.0 Å². The molecule has 0 aliphatic heterocycles. The number of nitrogens with one attached hydrogen (secondary N) is 1. The SMILES string of the molecule is Cc1ccc(/C=N/NC(=O)c2ccc(Cn3nc([N+](=O)[O-])cc3C)cc2)o1. The summed E-state index contributed by atoms with van der Waals surface area (Å²) in [5.41, 5.74) is 4.42. The van der Waals surface area contributed by atoms with Crippen LogP contribution in [0.25, 0.3) is 0 Å². The molecule has 0 spiro atoms. The van der Waals surface area contributed by atoms with Gasteiger partial charge in [0.25, 0.3) is 5.91 Å². The van der Waals surface area contributed by atoms with Crippen molar-refractivity contribution in [1.29, 1.82) is 0 Å². The van der Waals surface area contributed by atoms with Gasteiger partial charge < -0.3 is 14.5 Å². The highest BCUT2D eigenvalue weighted by Crippen LogP contribution is 2.13. The van der Waals surface area contributed by atoms with Crippen molar-refractivity contribution in [3.63, 3.8) is 0 Å². The van der Waals surface area contributed by atoms with Crippen molar-refractivity contribution in [2.24, 2.45) is 5.10 Å². The Hall–Kier alpha value is -3.75. The molecule has 3 aromatic rings. The van der Waals surface area contributed by atoms with Crippen LogP contribution in [-0.4, -0.2) is 26.8 Å². The predicted octanol–water partition coefficient (Wildman–Crippen LogP) is 2.81. The summed E-state index contributed by atoms with van der Waals surface area (Å²) in [5, 5.41) is 18.6. The zero-order chi connectivity index (χ0) is 19.4. The van der Waals surface area contributed by atoms with Crippen LogP contribution < -0.4 is 5.43 Å². The summed E-state index contributed by atoms with van der Waals surface area (Å²) in [7, 11) is 0. The van der Waals surface area contributed by atoms with Crippen molar-refractivity contribution < 1.29 is 14.1 Å². The van der Waals surface area contributed by atoms with E-state index in [1.54, 1.807) is 48.0 Å². The second-order valence-corrected chi connectivity index (χ2v) is 5.90. The predicted molar refractivity (Wildman–Crippen MR) is 97.7 cm³/mol. The summed E-state index contributed by atoms with van der Waals surface area (Å²) in [6.45, 7) is 3.94. The fraction of sp³-hybridized carbons (Fsp3) is 0.167. The molecule has 0 saturated carbocycles. The molecule has 27 heavy (non-hydrogen) atoms. The van der Waals surface area contributed by atoms with Crippen molar-refractivity contribution >= 4 is 17.9 Å². The third kappa shape index (κ3) is 4.46. The average molecular weight is 367 g/mol. The van der Waals surface area contributed by atoms with Crippen molar-refractivity contribution in [3.05, 3.63) is 80.9 Å². The Bertz CT molecular complexity index is 1000. The number of hydrazone groups is 1. The standard InChI is InChI=1S/C18H17N5O4/c1-12-9-17(23(25)26)21-22(12)11-14-4-6-15(7-5-14)18(24)20-19-10-16-8-3-13(2)27-16/h3-10H,11H2,1-2H3,(H,20,24)/b19-10+. The Kier molecular flexibility index (Phi) is 5.11. The van der Waals surface area contributed by atoms with Gasteiger partial charge in [-0.25, -0.2) is 5.43 Å². The van der Waals surface area contributed by atoms with Gasteiger partial charge in [0, 0.05) is 5.56 Å². The lowest BCUT2D eigenvalue weighted by atomic mass is 10.1. The van der Waals surface area contributed by atoms with Gasteiger partial charge in [-0.1, -0.05) is 12.1 Å². The average Bonchev–Trinajstić information content (AvgIpc) is 3.21. The van der Waals surface area contributed by atoms with E-state index in [-0.39, 0.29) is 11.7 Å². The third-order valence-electron chi connectivity index (χ3n) is 3.82. The largest absolute Gasteiger partial charge is 0.460 e. The fourth-order valence-corrected chi connectivity index (χ4v) is 2.42. The van der Waals surface area contributed by atoms with Gasteiger partial charge in [0.15, 0.2) is 0 Å². The quantitative estimate of drug-likeness (QED) is 0.408. The molecule has 1 amide bonds. The number of aryl methyl sites for hydroxylation is 2. The van der Waals surface area contributed by atoms with Crippen LogP contribution in [0.3, 0.4) is 0 Å². The first-order chi connectivity index (χ1) is 12.9. The summed E-state index contributed by atoms with van der Waals surface area (Å²) in [4.78, 5) is 22.4. The molecule has 0 aliphatic carbocycles. The van der Waals surface area contributed by atoms with E-state index in [1.165, 1.54) is 12.3 Å². The lowest BCUT2D eigenvalue weighted by Crippen LogP contribution is -2.17. The molecule has 2 heterocycles. The van der Waals surface area contributed by atoms with E-state index in [0.29, 0.717) is 23.6 Å². The van der Waals surface area contributed by atoms with E-state index in [4.69, 9.17) is 4.42 Å². The van der Waals surface area contributed by atoms with Crippen molar-refractivity contribution in [2.45, 2.75) is 20.4 Å². The number of benzene rings is 1. The molecule has 0 saturated heterocycles. The summed E-state index contributed by atoms with van der Waals surface area (Å²) in [6, 6.07) is 11.8. The van der Waals surface area contributed by atoms with Crippen molar-refractivity contribution in [1.82, 2.24) is 15.2 Å². The monoisotopic (exact) mass is 367 g/mol. The van der Waals surface area contributed by atoms with E-state index in [9.17, 15) is 14.9 Å². The van der Waals surface area contributed by atoms with E-state index in [2.05, 4.69) is 15.6 Å². The number of hydrogen-bond acceptors (Lipinski definition) is 6. The second kappa shape index (κ2) is 7.65. The Morgan fingerprint density at radius 3 is 2.63 bits per heavy atom. The molecular formula is C18H17N5O4. The molecule has 0 atom stereocenters. The van der Waals surface area contributed by atoms with Crippen LogP contribution in [0.4, 0.5) is 5.82 Å². The summed E-state index contributed by atoms with van der Waals surface area (Å²) >= 11 is 0. The van der Waals surface area contributed by atoms with Gasteiger partial charge >= 0.3 is 5.82 Å². The first-order valence-corrected chi connectivity index (χ1v) is 8.10. The molecule has 0 bridgehead atoms. The van der Waals surface area contributed by atoms with Gasteiger partial charge in [0.05, 0.1) is 29.6 Å². The number of carbonyl (C=O) groups is 1. The number of amides is 1. The molecule has 9 heteroatoms. The maximum absolute atomic E-state index is 12.1. The number of rotatable bonds is 6. The Morgan fingerprint density at radius 1 is 1.30 bits per heavy atom. The summed E-state index contributed by atoms with van der Waals surface area (Å²) in [6.07, 6.45) is 1.42. The molecule has 2 aromatic heterocycles. The zero-order valence-electron chi connectivity index (χ0n) is 14.7. The minimum Gasteiger partial charge on any atom is -0.460 e. The Morgan fingerprint density at radius 2 is 2.04 bits per heavy atom. The van der Waals surface area contributed by atoms with Crippen LogP contribution in [-0.2, 0) is 6.54 Å². The van der Waals surface area contributed by atoms with Gasteiger partial charge in [0.2, 0.25) is 0 Å². The van der Waals surface area contributed by atoms with Crippen LogP contribution in [0.2, 0.25) is 0 Å². The molecule has 3 rings (SSSR count). The molecule has 138 valence electrons. The molecule has 0 unspecified atom stereocenters. The maximum atomic E-state index is 12.1. The topological polar surface area (TPSA) is 116 Å². The maximum Gasteiger partial charge on any atom is 0.390 e. The smallest absolute Gasteiger partial charge is 0.390 e. The third-order valence-corrected chi connectivity index (χ3v) is 3.82. The highest BCUT2D eigenvalue weighted by atomic mass is 16.6. The number of hydrogen-bond donors (Lipinski definition) is 1. The first kappa shape index (κ1) is 18.1. The van der Waals surface area contributed by atoms with Crippen molar-refractivity contribution in [2.75, 3.05) is 0 Å². The van der Waals surface area contributed by atoms with Crippen molar-refractivity contribution in [3.8, 4) is 0 Å². The Labute approximate surface area is 154 Å². The molecule has 1 aromatic carbocycles. The number of nitro groups is 1. The van der Waals surface area contributed by atoms with Gasteiger partial charge in [-0.2, -0.15) is 9.78 Å². The van der Waals surface area contributed by atoms with Gasteiger partial charge in [-0.15, -0.1) is 0 Å². The normalized spacial score (nSPS) is 11.0. The van der Waals surface area contributed by atoms with E-state index in [0.717, 1.165) is 11.3 Å². The van der Waals surface area contributed by atoms with Crippen LogP contribution >= 0.6 is 0 Å². The lowest BCUT2D eigenvalue weighted by molar-refractivity contribution is -0.389. The fourth-order valence-electron chi connectivity index (χ4n) is 2.42. The van der Waals surface area contributed by atoms with E-state index in [1.807, 2.05) is 6.92 Å². The molecular weight excluding hydrogens is 350 g/mol.